The van der Waals surface area contributed by atoms with E-state index in [1.807, 2.05) is 68.4 Å². The summed E-state index contributed by atoms with van der Waals surface area (Å²) in [6.07, 6.45) is 5.76. The maximum Gasteiger partial charge on any atom is 0.246 e. The van der Waals surface area contributed by atoms with Crippen molar-refractivity contribution in [2.24, 2.45) is 41.4 Å². The molecule has 0 aromatic heterocycles. The van der Waals surface area contributed by atoms with Crippen LogP contribution in [0.2, 0.25) is 0 Å². The van der Waals surface area contributed by atoms with E-state index >= 15 is 28.8 Å². The lowest BCUT2D eigenvalue weighted by atomic mass is 9.91. The van der Waals surface area contributed by atoms with Crippen LogP contribution < -0.4 is 21.3 Å². The first-order chi connectivity index (χ1) is 42.7. The third kappa shape index (κ3) is 24.2. The van der Waals surface area contributed by atoms with Crippen molar-refractivity contribution in [3.8, 4) is 0 Å². The molecule has 1 aliphatic rings. The zero-order valence-corrected chi connectivity index (χ0v) is 61.7. The van der Waals surface area contributed by atoms with Gasteiger partial charge in [-0.2, -0.15) is 11.8 Å². The average Bonchev–Trinajstić information content (AvgIpc) is 0.813. The van der Waals surface area contributed by atoms with Crippen molar-refractivity contribution in [1.82, 2.24) is 55.6 Å². The monoisotopic (exact) mass is 1320 g/mol. The number of rotatable bonds is 21. The minimum absolute atomic E-state index is 0.0193. The Morgan fingerprint density at radius 1 is 0.446 bits per heavy atom. The van der Waals surface area contributed by atoms with Crippen molar-refractivity contribution >= 4 is 76.7 Å². The quantitative estimate of drug-likeness (QED) is 0.0696. The molecule has 11 amide bonds. The van der Waals surface area contributed by atoms with Gasteiger partial charge in [0.2, 0.25) is 65.0 Å². The largest absolute Gasteiger partial charge is 0.390 e. The molecule has 1 aliphatic heterocycles. The maximum atomic E-state index is 15.3. The molecule has 24 heteroatoms. The van der Waals surface area contributed by atoms with Gasteiger partial charge in [0.25, 0.3) is 0 Å². The molecule has 13 atom stereocenters. The number of amides is 11. The molecular formula is C68H123N11O12S. The Morgan fingerprint density at radius 2 is 0.859 bits per heavy atom. The molecule has 1 fully saturated rings. The number of nitrogens with zero attached hydrogens (tertiary/aromatic N) is 7. The molecule has 5 N–H and O–H groups in total. The van der Waals surface area contributed by atoms with Gasteiger partial charge in [0.15, 0.2) is 0 Å². The molecular weight excluding hydrogens is 1190 g/mol. The highest BCUT2D eigenvalue weighted by molar-refractivity contribution is 7.99. The van der Waals surface area contributed by atoms with Gasteiger partial charge in [-0.1, -0.05) is 129 Å². The Kier molecular flexibility index (Phi) is 36.4. The van der Waals surface area contributed by atoms with Gasteiger partial charge in [-0.05, 0) is 113 Å². The summed E-state index contributed by atoms with van der Waals surface area (Å²) in [6.45, 7) is 32.2. The number of thioether (sulfide) groups is 1. The molecule has 528 valence electrons. The molecule has 0 saturated carbocycles. The molecule has 0 bridgehead atoms. The third-order valence-electron chi connectivity index (χ3n) is 17.6. The van der Waals surface area contributed by atoms with Crippen LogP contribution in [0.15, 0.2) is 12.2 Å². The fraction of sp³-hybridized carbons (Fsp3) is 0.809. The predicted molar refractivity (Wildman–Crippen MR) is 364 cm³/mol. The Hall–Kier alpha value is -5.78. The SMILES string of the molecule is C/C=C/C[C@@H](C)[C@@H](O)[C@H]1C(=O)N[C@@H](CC)C(=O)N(C)[C@H](CSCCCCC)C(=O)N(C)[C@@H](CC(C)C)C(=O)N[C@@H](C(C)C)C(=O)N(C)[C@@H](CC(C)C)C(=O)N[C@@H](C)C(=O)N[C@H](C)C(=O)N(C)[C@@H](CC(C)C)C(=O)N(C)[C@@H](CC(C)C)C(=O)N(C)[C@@H](C(C)C)C(=O)N1C. The molecule has 92 heavy (non-hydrogen) atoms. The molecule has 0 unspecified atom stereocenters. The van der Waals surface area contributed by atoms with Crippen molar-refractivity contribution in [3.05, 3.63) is 12.2 Å². The Balaban J connectivity index is 4.52. The van der Waals surface area contributed by atoms with E-state index in [1.165, 1.54) is 104 Å². The van der Waals surface area contributed by atoms with Gasteiger partial charge in [0, 0.05) is 55.1 Å². The number of carbonyl (C=O) groups is 11. The first-order valence-electron chi connectivity index (χ1n) is 33.6. The van der Waals surface area contributed by atoms with Crippen molar-refractivity contribution in [3.63, 3.8) is 0 Å². The van der Waals surface area contributed by atoms with E-state index in [1.54, 1.807) is 47.6 Å². The summed E-state index contributed by atoms with van der Waals surface area (Å²) in [6, 6.07) is -13.6. The second kappa shape index (κ2) is 39.8. The Morgan fingerprint density at radius 3 is 1.32 bits per heavy atom. The van der Waals surface area contributed by atoms with Gasteiger partial charge < -0.3 is 60.7 Å². The minimum Gasteiger partial charge on any atom is -0.390 e. The lowest BCUT2D eigenvalue weighted by Gasteiger charge is -2.41. The van der Waals surface area contributed by atoms with Crippen LogP contribution >= 0.6 is 11.8 Å². The first kappa shape index (κ1) is 84.2. The summed E-state index contributed by atoms with van der Waals surface area (Å²) >= 11 is 1.47. The second-order valence-electron chi connectivity index (χ2n) is 28.1. The number of aliphatic hydroxyl groups excluding tert-OH is 1. The predicted octanol–water partition coefficient (Wildman–Crippen LogP) is 5.56. The topological polar surface area (TPSA) is 279 Å². The van der Waals surface area contributed by atoms with Crippen LogP contribution in [0.1, 0.15) is 182 Å². The molecule has 1 heterocycles. The molecule has 0 radical (unpaired) electrons. The lowest BCUT2D eigenvalue weighted by Crippen LogP contribution is -2.64. The van der Waals surface area contributed by atoms with Gasteiger partial charge in [-0.25, -0.2) is 0 Å². The number of likely N-dealkylation sites (N-methyl/N-ethyl adjacent to an activating group) is 7. The molecule has 1 rings (SSSR count). The molecule has 0 aromatic carbocycles. The molecule has 1 saturated heterocycles. The number of hydrogen-bond acceptors (Lipinski definition) is 13. The second-order valence-corrected chi connectivity index (χ2v) is 29.2. The highest BCUT2D eigenvalue weighted by atomic mass is 32.2. The van der Waals surface area contributed by atoms with Crippen LogP contribution in [-0.2, 0) is 52.7 Å². The van der Waals surface area contributed by atoms with Gasteiger partial charge in [-0.15, -0.1) is 0 Å². The number of carbonyl (C=O) groups excluding carboxylic acids is 11. The molecule has 0 aliphatic carbocycles. The standard InChI is InChI=1S/C68H123N11O12S/c1-26-29-31-33-92-38-53-66(89)73(19)50(35-40(6)7)60(83)72-54(43(12)13)67(90)74(20)49(34-39(4)5)59(82)69-46(17)58(81)70-47(18)62(85)75(21)51(36-41(8)9)64(87)76(22)52(37-42(10)11)65(88)78(24)55(44(14)15)68(91)79(25)56(57(80)45(16)32-30-27-2)61(84)71-48(28-3)63(86)77(53)23/h27,30,39-57,80H,26,28-29,31-38H2,1-25H3,(H,69,82)(H,70,81)(H,71,84)(H,72,83)/b30-27+/t45-,46+,47-,48+,49+,50+,51+,52+,53-,54+,55+,56+,57-/m1/s1. The lowest BCUT2D eigenvalue weighted by molar-refractivity contribution is -0.157. The van der Waals surface area contributed by atoms with Gasteiger partial charge in [0.05, 0.1) is 6.10 Å². The summed E-state index contributed by atoms with van der Waals surface area (Å²) in [7, 11) is 10.1. The van der Waals surface area contributed by atoms with Crippen LogP contribution in [0.25, 0.3) is 0 Å². The van der Waals surface area contributed by atoms with Gasteiger partial charge in [-0.3, -0.25) is 52.7 Å². The summed E-state index contributed by atoms with van der Waals surface area (Å²) in [4.78, 5) is 172. The normalized spacial score (nSPS) is 26.6. The molecule has 23 nitrogen and oxygen atoms in total. The van der Waals surface area contributed by atoms with Crippen LogP contribution in [0, 0.1) is 41.4 Å². The summed E-state index contributed by atoms with van der Waals surface area (Å²) in [5.74, 6) is -8.85. The highest BCUT2D eigenvalue weighted by Crippen LogP contribution is 2.27. The van der Waals surface area contributed by atoms with Crippen LogP contribution in [0.4, 0.5) is 0 Å². The fourth-order valence-corrected chi connectivity index (χ4v) is 12.8. The van der Waals surface area contributed by atoms with Crippen LogP contribution in [0.3, 0.4) is 0 Å². The van der Waals surface area contributed by atoms with Crippen molar-refractivity contribution < 1.29 is 57.8 Å². The number of allylic oxidation sites excluding steroid dienone is 2. The average molecular weight is 1320 g/mol. The van der Waals surface area contributed by atoms with E-state index in [0.717, 1.165) is 24.2 Å². The first-order valence-corrected chi connectivity index (χ1v) is 34.8. The van der Waals surface area contributed by atoms with E-state index in [2.05, 4.69) is 28.2 Å². The van der Waals surface area contributed by atoms with E-state index in [4.69, 9.17) is 0 Å². The van der Waals surface area contributed by atoms with Crippen molar-refractivity contribution in [2.45, 2.75) is 255 Å². The van der Waals surface area contributed by atoms with E-state index < -0.39 is 155 Å². The van der Waals surface area contributed by atoms with Gasteiger partial charge >= 0.3 is 0 Å². The van der Waals surface area contributed by atoms with Crippen LogP contribution in [-0.4, -0.2) is 238 Å². The maximum absolute atomic E-state index is 15.3. The zero-order valence-electron chi connectivity index (χ0n) is 60.9. The summed E-state index contributed by atoms with van der Waals surface area (Å²) < 4.78 is 0. The highest BCUT2D eigenvalue weighted by Gasteiger charge is 2.46. The van der Waals surface area contributed by atoms with Crippen molar-refractivity contribution in [2.75, 3.05) is 60.8 Å². The number of unbranched alkanes of at least 4 members (excludes halogenated alkanes) is 2. The molecule has 0 spiro atoms. The van der Waals surface area contributed by atoms with E-state index in [-0.39, 0.29) is 61.5 Å². The van der Waals surface area contributed by atoms with E-state index in [9.17, 15) is 29.1 Å². The third-order valence-corrected chi connectivity index (χ3v) is 18.7. The number of hydrogen-bond donors (Lipinski definition) is 5. The smallest absolute Gasteiger partial charge is 0.246 e. The number of nitrogens with one attached hydrogen (secondary N) is 4. The Labute approximate surface area is 557 Å². The fourth-order valence-electron chi connectivity index (χ4n) is 11.6. The van der Waals surface area contributed by atoms with Gasteiger partial charge in [0.1, 0.15) is 66.5 Å². The van der Waals surface area contributed by atoms with Crippen LogP contribution in [0.5, 0.6) is 0 Å². The summed E-state index contributed by atoms with van der Waals surface area (Å²) in [5, 5.41) is 23.5. The number of aliphatic hydroxyl groups is 1. The molecule has 0 aromatic rings. The van der Waals surface area contributed by atoms with E-state index in [0.29, 0.717) is 12.2 Å². The Bertz CT molecular complexity index is 2480. The zero-order chi connectivity index (χ0) is 71.1. The summed E-state index contributed by atoms with van der Waals surface area (Å²) in [5.41, 5.74) is 0. The van der Waals surface area contributed by atoms with Crippen molar-refractivity contribution in [1.29, 1.82) is 0 Å². The minimum atomic E-state index is -1.62.